The zero-order valence-corrected chi connectivity index (χ0v) is 15.8. The zero-order chi connectivity index (χ0) is 19.2. The first-order chi connectivity index (χ1) is 13.8. The van der Waals surface area contributed by atoms with Crippen LogP contribution in [0.2, 0.25) is 0 Å². The van der Waals surface area contributed by atoms with Crippen molar-refractivity contribution < 1.29 is 13.9 Å². The molecule has 0 spiro atoms. The first-order valence-electron chi connectivity index (χ1n) is 9.74. The number of rotatable bonds is 6. The molecule has 1 atom stereocenters. The van der Waals surface area contributed by atoms with Crippen LogP contribution in [-0.4, -0.2) is 35.5 Å². The van der Waals surface area contributed by atoms with Gasteiger partial charge in [0.15, 0.2) is 11.7 Å². The molecular formula is C23H24N2O3. The van der Waals surface area contributed by atoms with Gasteiger partial charge in [0, 0.05) is 24.9 Å². The van der Waals surface area contributed by atoms with Gasteiger partial charge in [-0.15, -0.1) is 0 Å². The van der Waals surface area contributed by atoms with Gasteiger partial charge in [0.25, 0.3) is 0 Å². The molecular weight excluding hydrogens is 352 g/mol. The van der Waals surface area contributed by atoms with Crippen LogP contribution in [0.1, 0.15) is 30.4 Å². The summed E-state index contributed by atoms with van der Waals surface area (Å²) in [5.41, 5.74) is 2.13. The summed E-state index contributed by atoms with van der Waals surface area (Å²) in [6.07, 6.45) is 3.58. The molecule has 2 heterocycles. The van der Waals surface area contributed by atoms with Crippen molar-refractivity contribution in [1.29, 1.82) is 0 Å². The Morgan fingerprint density at radius 1 is 1.07 bits per heavy atom. The molecule has 2 aromatic carbocycles. The Kier molecular flexibility index (Phi) is 5.83. The number of carbonyl (C=O) groups is 1. The third-order valence-electron chi connectivity index (χ3n) is 4.98. The average Bonchev–Trinajstić information content (AvgIpc) is 3.24. The number of oxazole rings is 1. The van der Waals surface area contributed by atoms with Crippen molar-refractivity contribution in [3.63, 3.8) is 0 Å². The molecule has 28 heavy (non-hydrogen) atoms. The first kappa shape index (κ1) is 18.4. The second kappa shape index (κ2) is 8.85. The highest BCUT2D eigenvalue weighted by Crippen LogP contribution is 2.23. The van der Waals surface area contributed by atoms with Crippen molar-refractivity contribution in [2.75, 3.05) is 19.7 Å². The van der Waals surface area contributed by atoms with Gasteiger partial charge in [-0.1, -0.05) is 60.7 Å². The van der Waals surface area contributed by atoms with Gasteiger partial charge in [0.2, 0.25) is 5.91 Å². The number of hydrogen-bond acceptors (Lipinski definition) is 4. The van der Waals surface area contributed by atoms with Crippen molar-refractivity contribution >= 4 is 5.91 Å². The minimum absolute atomic E-state index is 0.0425. The monoisotopic (exact) mass is 376 g/mol. The molecule has 0 aliphatic carbocycles. The smallest absolute Gasteiger partial charge is 0.222 e. The first-order valence-corrected chi connectivity index (χ1v) is 9.74. The highest BCUT2D eigenvalue weighted by Gasteiger charge is 2.25. The lowest BCUT2D eigenvalue weighted by Gasteiger charge is -2.33. The second-order valence-corrected chi connectivity index (χ2v) is 6.95. The number of ether oxygens (including phenoxy) is 1. The molecule has 3 aromatic rings. The minimum atomic E-state index is -0.0425. The van der Waals surface area contributed by atoms with E-state index in [-0.39, 0.29) is 12.0 Å². The predicted molar refractivity (Wildman–Crippen MR) is 107 cm³/mol. The molecule has 1 aliphatic rings. The SMILES string of the molecule is O=C(CCCc1ncc(-c2ccccc2)o1)N1CCO[C@@H](c2ccccc2)C1. The van der Waals surface area contributed by atoms with E-state index < -0.39 is 0 Å². The molecule has 0 bridgehead atoms. The summed E-state index contributed by atoms with van der Waals surface area (Å²) in [6.45, 7) is 1.84. The molecule has 1 fully saturated rings. The summed E-state index contributed by atoms with van der Waals surface area (Å²) in [7, 11) is 0. The number of aryl methyl sites for hydroxylation is 1. The maximum Gasteiger partial charge on any atom is 0.222 e. The lowest BCUT2D eigenvalue weighted by atomic mass is 10.1. The van der Waals surface area contributed by atoms with Crippen molar-refractivity contribution in [1.82, 2.24) is 9.88 Å². The van der Waals surface area contributed by atoms with Gasteiger partial charge < -0.3 is 14.1 Å². The highest BCUT2D eigenvalue weighted by atomic mass is 16.5. The maximum atomic E-state index is 12.6. The molecule has 1 saturated heterocycles. The Balaban J connectivity index is 1.27. The van der Waals surface area contributed by atoms with Gasteiger partial charge >= 0.3 is 0 Å². The third-order valence-corrected chi connectivity index (χ3v) is 4.98. The number of nitrogens with zero attached hydrogens (tertiary/aromatic N) is 2. The third kappa shape index (κ3) is 4.49. The van der Waals surface area contributed by atoms with Crippen molar-refractivity contribution in [2.45, 2.75) is 25.4 Å². The summed E-state index contributed by atoms with van der Waals surface area (Å²) in [4.78, 5) is 18.9. The topological polar surface area (TPSA) is 55.6 Å². The van der Waals surface area contributed by atoms with E-state index >= 15 is 0 Å². The number of carbonyl (C=O) groups excluding carboxylic acids is 1. The van der Waals surface area contributed by atoms with E-state index in [1.54, 1.807) is 6.20 Å². The van der Waals surface area contributed by atoms with E-state index in [9.17, 15) is 4.79 Å². The van der Waals surface area contributed by atoms with Crippen molar-refractivity contribution in [3.05, 3.63) is 78.3 Å². The molecule has 0 unspecified atom stereocenters. The van der Waals surface area contributed by atoms with Gasteiger partial charge in [0.1, 0.15) is 6.10 Å². The minimum Gasteiger partial charge on any atom is -0.441 e. The van der Waals surface area contributed by atoms with Crippen LogP contribution in [0, 0.1) is 0 Å². The Morgan fingerprint density at radius 2 is 1.82 bits per heavy atom. The molecule has 4 rings (SSSR count). The van der Waals surface area contributed by atoms with E-state index in [2.05, 4.69) is 4.98 Å². The number of amides is 1. The van der Waals surface area contributed by atoms with E-state index in [0.717, 1.165) is 23.3 Å². The molecule has 1 amide bonds. The van der Waals surface area contributed by atoms with Crippen LogP contribution in [-0.2, 0) is 16.0 Å². The summed E-state index contributed by atoms with van der Waals surface area (Å²) < 4.78 is 11.7. The van der Waals surface area contributed by atoms with Crippen LogP contribution < -0.4 is 0 Å². The fraction of sp³-hybridized carbons (Fsp3) is 0.304. The average molecular weight is 376 g/mol. The zero-order valence-electron chi connectivity index (χ0n) is 15.8. The van der Waals surface area contributed by atoms with Crippen LogP contribution in [0.15, 0.2) is 71.3 Å². The van der Waals surface area contributed by atoms with Crippen molar-refractivity contribution in [2.24, 2.45) is 0 Å². The molecule has 0 N–H and O–H groups in total. The van der Waals surface area contributed by atoms with E-state index in [4.69, 9.17) is 9.15 Å². The van der Waals surface area contributed by atoms with Gasteiger partial charge in [-0.05, 0) is 12.0 Å². The summed E-state index contributed by atoms with van der Waals surface area (Å²) >= 11 is 0. The molecule has 5 heteroatoms. The van der Waals surface area contributed by atoms with Crippen LogP contribution in [0.3, 0.4) is 0 Å². The molecule has 0 saturated carbocycles. The van der Waals surface area contributed by atoms with Crippen LogP contribution >= 0.6 is 0 Å². The fourth-order valence-corrected chi connectivity index (χ4v) is 3.46. The Bertz CT molecular complexity index is 892. The van der Waals surface area contributed by atoms with E-state index in [1.807, 2.05) is 65.6 Å². The summed E-state index contributed by atoms with van der Waals surface area (Å²) in [5, 5.41) is 0. The maximum absolute atomic E-state index is 12.6. The Labute approximate surface area is 165 Å². The van der Waals surface area contributed by atoms with Gasteiger partial charge in [-0.2, -0.15) is 0 Å². The largest absolute Gasteiger partial charge is 0.441 e. The predicted octanol–water partition coefficient (Wildman–Crippen LogP) is 4.26. The van der Waals surface area contributed by atoms with Crippen LogP contribution in [0.4, 0.5) is 0 Å². The fourth-order valence-electron chi connectivity index (χ4n) is 3.46. The summed E-state index contributed by atoms with van der Waals surface area (Å²) in [5.74, 6) is 1.61. The van der Waals surface area contributed by atoms with E-state index in [1.165, 1.54) is 0 Å². The Hall–Kier alpha value is -2.92. The number of hydrogen-bond donors (Lipinski definition) is 0. The number of morpholine rings is 1. The van der Waals surface area contributed by atoms with Crippen LogP contribution in [0.5, 0.6) is 0 Å². The van der Waals surface area contributed by atoms with Crippen molar-refractivity contribution in [3.8, 4) is 11.3 Å². The van der Waals surface area contributed by atoms with Crippen LogP contribution in [0.25, 0.3) is 11.3 Å². The van der Waals surface area contributed by atoms with Gasteiger partial charge in [0.05, 0.1) is 19.3 Å². The number of aromatic nitrogens is 1. The standard InChI is InChI=1S/C23H24N2O3/c26-23(25-14-15-27-21(17-25)19-10-5-2-6-11-19)13-7-12-22-24-16-20(28-22)18-8-3-1-4-9-18/h1-6,8-11,16,21H,7,12-15,17H2/t21-/m1/s1. The molecule has 144 valence electrons. The second-order valence-electron chi connectivity index (χ2n) is 6.95. The Morgan fingerprint density at radius 3 is 2.61 bits per heavy atom. The molecule has 0 radical (unpaired) electrons. The lowest BCUT2D eigenvalue weighted by Crippen LogP contribution is -2.42. The quantitative estimate of drug-likeness (QED) is 0.645. The highest BCUT2D eigenvalue weighted by molar-refractivity contribution is 5.76. The van der Waals surface area contributed by atoms with Gasteiger partial charge in [-0.3, -0.25) is 4.79 Å². The molecule has 1 aliphatic heterocycles. The lowest BCUT2D eigenvalue weighted by molar-refractivity contribution is -0.139. The van der Waals surface area contributed by atoms with Gasteiger partial charge in [-0.25, -0.2) is 4.98 Å². The molecule has 5 nitrogen and oxygen atoms in total. The van der Waals surface area contributed by atoms with E-state index in [0.29, 0.717) is 38.4 Å². The normalized spacial score (nSPS) is 16.9. The molecule has 1 aromatic heterocycles. The number of benzene rings is 2. The summed E-state index contributed by atoms with van der Waals surface area (Å²) in [6, 6.07) is 20.0.